The molecule has 1 aliphatic rings. The van der Waals surface area contributed by atoms with Gasteiger partial charge in [-0.05, 0) is 25.8 Å². The maximum atomic E-state index is 11.9. The molecule has 2 N–H and O–H groups in total. The third kappa shape index (κ3) is 4.18. The van der Waals surface area contributed by atoms with Gasteiger partial charge in [0.15, 0.2) is 0 Å². The molecule has 0 spiro atoms. The van der Waals surface area contributed by atoms with Crippen LogP contribution in [0.1, 0.15) is 32.1 Å². The number of hydrogen-bond donors (Lipinski definition) is 2. The number of likely N-dealkylation sites (N-methyl/N-ethyl adjacent to an activating group) is 1. The molecular formula is C11H20N2O3. The van der Waals surface area contributed by atoms with Crippen LogP contribution in [0.3, 0.4) is 0 Å². The minimum absolute atomic E-state index is 0.0661. The van der Waals surface area contributed by atoms with Gasteiger partial charge in [0.05, 0.1) is 6.04 Å². The van der Waals surface area contributed by atoms with Gasteiger partial charge in [-0.25, -0.2) is 0 Å². The minimum atomic E-state index is -0.809. The van der Waals surface area contributed by atoms with Crippen molar-refractivity contribution >= 4 is 11.9 Å². The normalized spacial score (nSPS) is 20.4. The first-order chi connectivity index (χ1) is 7.61. The van der Waals surface area contributed by atoms with Gasteiger partial charge in [0, 0.05) is 20.0 Å². The van der Waals surface area contributed by atoms with Crippen LogP contribution in [0.15, 0.2) is 0 Å². The first-order valence-corrected chi connectivity index (χ1v) is 5.81. The molecule has 0 unspecified atom stereocenters. The standard InChI is InChI=1S/C11H20N2O3/c1-13(8-4-6-10(14)15)11(16)9-5-2-3-7-12-9/h9,12H,2-8H2,1H3,(H,14,15)/t9-/m1/s1. The fraction of sp³-hybridized carbons (Fsp3) is 0.818. The van der Waals surface area contributed by atoms with E-state index in [1.165, 1.54) is 0 Å². The second kappa shape index (κ2) is 6.48. The summed E-state index contributed by atoms with van der Waals surface area (Å²) in [6.45, 7) is 1.42. The quantitative estimate of drug-likeness (QED) is 0.717. The van der Waals surface area contributed by atoms with Gasteiger partial charge < -0.3 is 15.3 Å². The van der Waals surface area contributed by atoms with Crippen molar-refractivity contribution in [2.24, 2.45) is 0 Å². The summed E-state index contributed by atoms with van der Waals surface area (Å²) in [7, 11) is 1.74. The van der Waals surface area contributed by atoms with Crippen LogP contribution in [0.2, 0.25) is 0 Å². The molecule has 0 aromatic rings. The fourth-order valence-electron chi connectivity index (χ4n) is 1.91. The summed E-state index contributed by atoms with van der Waals surface area (Å²) >= 11 is 0. The van der Waals surface area contributed by atoms with Crippen molar-refractivity contribution in [3.8, 4) is 0 Å². The Kier molecular flexibility index (Phi) is 5.25. The molecule has 5 heteroatoms. The molecule has 92 valence electrons. The molecule has 0 aromatic heterocycles. The largest absolute Gasteiger partial charge is 0.481 e. The topological polar surface area (TPSA) is 69.6 Å². The number of nitrogens with one attached hydrogen (secondary N) is 1. The van der Waals surface area contributed by atoms with E-state index < -0.39 is 5.97 Å². The van der Waals surface area contributed by atoms with E-state index in [9.17, 15) is 9.59 Å². The Balaban J connectivity index is 2.26. The lowest BCUT2D eigenvalue weighted by Gasteiger charge is -2.27. The molecule has 0 aliphatic carbocycles. The summed E-state index contributed by atoms with van der Waals surface area (Å²) in [6, 6.07) is -0.0661. The Bertz CT molecular complexity index is 250. The number of piperidine rings is 1. The van der Waals surface area contributed by atoms with Gasteiger partial charge in [-0.3, -0.25) is 9.59 Å². The summed E-state index contributed by atoms with van der Waals surface area (Å²) < 4.78 is 0. The highest BCUT2D eigenvalue weighted by molar-refractivity contribution is 5.81. The smallest absolute Gasteiger partial charge is 0.303 e. The van der Waals surface area contributed by atoms with E-state index in [1.807, 2.05) is 0 Å². The zero-order valence-electron chi connectivity index (χ0n) is 9.74. The van der Waals surface area contributed by atoms with Crippen LogP contribution >= 0.6 is 0 Å². The van der Waals surface area contributed by atoms with Gasteiger partial charge in [-0.15, -0.1) is 0 Å². The molecule has 16 heavy (non-hydrogen) atoms. The molecular weight excluding hydrogens is 208 g/mol. The maximum absolute atomic E-state index is 11.9. The number of rotatable bonds is 5. The summed E-state index contributed by atoms with van der Waals surface area (Å²) in [5.74, 6) is -0.721. The Hall–Kier alpha value is -1.10. The van der Waals surface area contributed by atoms with E-state index in [1.54, 1.807) is 11.9 Å². The highest BCUT2D eigenvalue weighted by Gasteiger charge is 2.23. The van der Waals surface area contributed by atoms with Gasteiger partial charge in [0.25, 0.3) is 0 Å². The third-order valence-electron chi connectivity index (χ3n) is 2.87. The lowest BCUT2D eigenvalue weighted by molar-refractivity contribution is -0.138. The highest BCUT2D eigenvalue weighted by atomic mass is 16.4. The van der Waals surface area contributed by atoms with Crippen molar-refractivity contribution in [1.82, 2.24) is 10.2 Å². The van der Waals surface area contributed by atoms with Crippen molar-refractivity contribution in [1.29, 1.82) is 0 Å². The number of carbonyl (C=O) groups excluding carboxylic acids is 1. The molecule has 0 aromatic carbocycles. The van der Waals surface area contributed by atoms with Crippen molar-refractivity contribution in [3.05, 3.63) is 0 Å². The van der Waals surface area contributed by atoms with Crippen LogP contribution in [0.4, 0.5) is 0 Å². The molecule has 1 aliphatic heterocycles. The molecule has 0 bridgehead atoms. The molecule has 1 fully saturated rings. The predicted octanol–water partition coefficient (Wildman–Crippen LogP) is 0.452. The molecule has 1 amide bonds. The van der Waals surface area contributed by atoms with Gasteiger partial charge >= 0.3 is 5.97 Å². The Labute approximate surface area is 95.8 Å². The number of carboxylic acid groups (broad SMARTS) is 1. The summed E-state index contributed by atoms with van der Waals surface area (Å²) in [6.07, 6.45) is 3.75. The number of carboxylic acids is 1. The minimum Gasteiger partial charge on any atom is -0.481 e. The fourth-order valence-corrected chi connectivity index (χ4v) is 1.91. The molecule has 1 atom stereocenters. The number of carbonyl (C=O) groups is 2. The van der Waals surface area contributed by atoms with Gasteiger partial charge in [0.1, 0.15) is 0 Å². The van der Waals surface area contributed by atoms with E-state index >= 15 is 0 Å². The Morgan fingerprint density at radius 2 is 2.19 bits per heavy atom. The zero-order valence-corrected chi connectivity index (χ0v) is 9.74. The second-order valence-corrected chi connectivity index (χ2v) is 4.26. The van der Waals surface area contributed by atoms with Crippen LogP contribution in [0.25, 0.3) is 0 Å². The van der Waals surface area contributed by atoms with E-state index in [2.05, 4.69) is 5.32 Å². The lowest BCUT2D eigenvalue weighted by Crippen LogP contribution is -2.47. The summed E-state index contributed by atoms with van der Waals surface area (Å²) in [5.41, 5.74) is 0. The molecule has 0 saturated carbocycles. The Morgan fingerprint density at radius 3 is 2.75 bits per heavy atom. The average Bonchev–Trinajstić information content (AvgIpc) is 2.28. The monoisotopic (exact) mass is 228 g/mol. The van der Waals surface area contributed by atoms with Crippen molar-refractivity contribution in [2.75, 3.05) is 20.1 Å². The summed E-state index contributed by atoms with van der Waals surface area (Å²) in [5, 5.41) is 11.7. The van der Waals surface area contributed by atoms with Crippen molar-refractivity contribution in [2.45, 2.75) is 38.1 Å². The van der Waals surface area contributed by atoms with Crippen molar-refractivity contribution in [3.63, 3.8) is 0 Å². The first-order valence-electron chi connectivity index (χ1n) is 5.81. The van der Waals surface area contributed by atoms with Crippen LogP contribution in [-0.2, 0) is 9.59 Å². The molecule has 1 heterocycles. The number of aliphatic carboxylic acids is 1. The number of hydrogen-bond acceptors (Lipinski definition) is 3. The molecule has 5 nitrogen and oxygen atoms in total. The van der Waals surface area contributed by atoms with Gasteiger partial charge in [0.2, 0.25) is 5.91 Å². The summed E-state index contributed by atoms with van der Waals surface area (Å²) in [4.78, 5) is 23.9. The van der Waals surface area contributed by atoms with Crippen LogP contribution in [-0.4, -0.2) is 48.1 Å². The molecule has 0 radical (unpaired) electrons. The van der Waals surface area contributed by atoms with E-state index in [0.29, 0.717) is 13.0 Å². The van der Waals surface area contributed by atoms with Crippen molar-refractivity contribution < 1.29 is 14.7 Å². The van der Waals surface area contributed by atoms with E-state index in [4.69, 9.17) is 5.11 Å². The van der Waals surface area contributed by atoms with Gasteiger partial charge in [-0.1, -0.05) is 6.42 Å². The Morgan fingerprint density at radius 1 is 1.44 bits per heavy atom. The number of nitrogens with zero attached hydrogens (tertiary/aromatic N) is 1. The first kappa shape index (κ1) is 13.0. The molecule has 1 rings (SSSR count). The highest BCUT2D eigenvalue weighted by Crippen LogP contribution is 2.09. The zero-order chi connectivity index (χ0) is 12.0. The SMILES string of the molecule is CN(CCCC(=O)O)C(=O)[C@H]1CCCCN1. The average molecular weight is 228 g/mol. The maximum Gasteiger partial charge on any atom is 0.303 e. The predicted molar refractivity (Wildman–Crippen MR) is 60.1 cm³/mol. The van der Waals surface area contributed by atoms with E-state index in [-0.39, 0.29) is 18.4 Å². The van der Waals surface area contributed by atoms with Gasteiger partial charge in [-0.2, -0.15) is 0 Å². The van der Waals surface area contributed by atoms with Crippen LogP contribution in [0.5, 0.6) is 0 Å². The lowest BCUT2D eigenvalue weighted by atomic mass is 10.0. The molecule has 1 saturated heterocycles. The second-order valence-electron chi connectivity index (χ2n) is 4.26. The van der Waals surface area contributed by atoms with E-state index in [0.717, 1.165) is 25.8 Å². The number of amides is 1. The van der Waals surface area contributed by atoms with Crippen LogP contribution < -0.4 is 5.32 Å². The van der Waals surface area contributed by atoms with Crippen LogP contribution in [0, 0.1) is 0 Å². The third-order valence-corrected chi connectivity index (χ3v) is 2.87.